The van der Waals surface area contributed by atoms with Crippen molar-refractivity contribution in [1.82, 2.24) is 5.32 Å². The van der Waals surface area contributed by atoms with Gasteiger partial charge in [0.2, 0.25) is 0 Å². The van der Waals surface area contributed by atoms with Crippen molar-refractivity contribution in [2.75, 3.05) is 0 Å². The molecule has 2 N–H and O–H groups in total. The fourth-order valence-corrected chi connectivity index (χ4v) is 3.92. The van der Waals surface area contributed by atoms with Crippen LogP contribution in [-0.2, 0) is 11.2 Å². The minimum Gasteiger partial charge on any atom is -0.444 e. The van der Waals surface area contributed by atoms with Gasteiger partial charge in [-0.3, -0.25) is 0 Å². The number of carbonyl (C=O) groups is 1. The Morgan fingerprint density at radius 2 is 1.96 bits per heavy atom. The van der Waals surface area contributed by atoms with Crippen LogP contribution in [-0.4, -0.2) is 28.9 Å². The molecule has 1 saturated carbocycles. The smallest absolute Gasteiger partial charge is 0.407 e. The number of carbonyl (C=O) groups excluding carboxylic acids is 1. The Hall–Kier alpha value is -1.81. The van der Waals surface area contributed by atoms with Gasteiger partial charge in [-0.05, 0) is 63.9 Å². The predicted molar refractivity (Wildman–Crippen MR) is 110 cm³/mol. The van der Waals surface area contributed by atoms with Crippen molar-refractivity contribution in [3.63, 3.8) is 0 Å². The van der Waals surface area contributed by atoms with E-state index in [1.165, 1.54) is 12.8 Å². The van der Waals surface area contributed by atoms with Gasteiger partial charge >= 0.3 is 6.09 Å². The summed E-state index contributed by atoms with van der Waals surface area (Å²) in [5.74, 6) is 0.872. The zero-order valence-corrected chi connectivity index (χ0v) is 17.0. The van der Waals surface area contributed by atoms with Crippen molar-refractivity contribution in [3.8, 4) is 0 Å². The van der Waals surface area contributed by atoms with Crippen LogP contribution < -0.4 is 5.32 Å². The Bertz CT molecular complexity index is 593. The van der Waals surface area contributed by atoms with E-state index in [1.807, 2.05) is 57.2 Å². The minimum absolute atomic E-state index is 0.380. The maximum absolute atomic E-state index is 12.3. The quantitative estimate of drug-likeness (QED) is 0.671. The van der Waals surface area contributed by atoms with Crippen LogP contribution in [0.4, 0.5) is 4.79 Å². The van der Waals surface area contributed by atoms with Crippen molar-refractivity contribution in [1.29, 1.82) is 0 Å². The molecule has 0 spiro atoms. The summed E-state index contributed by atoms with van der Waals surface area (Å²) in [5, 5.41) is 13.9. The number of allylic oxidation sites excluding steroid dienone is 1. The summed E-state index contributed by atoms with van der Waals surface area (Å²) in [5.41, 5.74) is 0.519. The topological polar surface area (TPSA) is 58.6 Å². The van der Waals surface area contributed by atoms with Crippen molar-refractivity contribution < 1.29 is 14.6 Å². The van der Waals surface area contributed by atoms with Crippen LogP contribution in [0.25, 0.3) is 0 Å². The van der Waals surface area contributed by atoms with E-state index in [1.54, 1.807) is 0 Å². The number of hydrogen-bond donors (Lipinski definition) is 2. The number of aliphatic hydroxyl groups excluding tert-OH is 1. The van der Waals surface area contributed by atoms with Crippen molar-refractivity contribution >= 4 is 6.09 Å². The number of rotatable bonds is 7. The first kappa shape index (κ1) is 21.5. The van der Waals surface area contributed by atoms with E-state index in [0.29, 0.717) is 24.7 Å². The first-order valence-electron chi connectivity index (χ1n) is 10.1. The summed E-state index contributed by atoms with van der Waals surface area (Å²) in [4.78, 5) is 12.3. The first-order valence-corrected chi connectivity index (χ1v) is 10.1. The molecule has 150 valence electrons. The number of amides is 1. The Kier molecular flexibility index (Phi) is 7.91. The molecule has 1 aliphatic carbocycles. The molecule has 4 heteroatoms. The van der Waals surface area contributed by atoms with Crippen molar-refractivity contribution in [2.45, 2.75) is 77.0 Å². The summed E-state index contributed by atoms with van der Waals surface area (Å²) in [6.07, 6.45) is 6.86. The molecule has 0 saturated heterocycles. The molecule has 0 radical (unpaired) electrons. The van der Waals surface area contributed by atoms with Gasteiger partial charge < -0.3 is 15.2 Å². The summed E-state index contributed by atoms with van der Waals surface area (Å²) in [6, 6.07) is 9.57. The maximum Gasteiger partial charge on any atom is 0.407 e. The largest absolute Gasteiger partial charge is 0.444 e. The van der Waals surface area contributed by atoms with Crippen LogP contribution in [0, 0.1) is 11.8 Å². The van der Waals surface area contributed by atoms with Crippen molar-refractivity contribution in [3.05, 3.63) is 48.6 Å². The summed E-state index contributed by atoms with van der Waals surface area (Å²) in [7, 11) is 0. The monoisotopic (exact) mass is 373 g/mol. The zero-order chi connectivity index (χ0) is 19.9. The highest BCUT2D eigenvalue weighted by atomic mass is 16.6. The molecular weight excluding hydrogens is 338 g/mol. The highest BCUT2D eigenvalue weighted by molar-refractivity contribution is 5.68. The fourth-order valence-electron chi connectivity index (χ4n) is 3.92. The van der Waals surface area contributed by atoms with Crippen LogP contribution in [0.15, 0.2) is 43.0 Å². The van der Waals surface area contributed by atoms with E-state index in [4.69, 9.17) is 4.74 Å². The third-order valence-electron chi connectivity index (χ3n) is 5.28. The Labute approximate surface area is 164 Å². The Morgan fingerprint density at radius 3 is 2.59 bits per heavy atom. The van der Waals surface area contributed by atoms with E-state index in [9.17, 15) is 9.90 Å². The number of alkyl carbamates (subject to hydrolysis) is 1. The molecule has 2 rings (SSSR count). The fraction of sp³-hybridized carbons (Fsp3) is 0.609. The molecule has 1 unspecified atom stereocenters. The summed E-state index contributed by atoms with van der Waals surface area (Å²) in [6.45, 7) is 9.49. The third kappa shape index (κ3) is 7.37. The molecule has 1 aromatic carbocycles. The van der Waals surface area contributed by atoms with Gasteiger partial charge in [0.05, 0.1) is 12.1 Å². The molecule has 1 aromatic rings. The first-order chi connectivity index (χ1) is 12.8. The minimum atomic E-state index is -0.622. The average molecular weight is 374 g/mol. The molecule has 4 nitrogen and oxygen atoms in total. The molecular formula is C23H35NO3. The van der Waals surface area contributed by atoms with Crippen LogP contribution in [0.3, 0.4) is 0 Å². The van der Waals surface area contributed by atoms with Gasteiger partial charge in [-0.15, -0.1) is 6.58 Å². The van der Waals surface area contributed by atoms with Gasteiger partial charge in [0.25, 0.3) is 0 Å². The Balaban J connectivity index is 2.07. The molecule has 0 heterocycles. The standard InChI is InChI=1S/C23H35NO3/c1-5-18-13-9-10-14-19(18)16-21(25)20(15-17-11-7-6-8-12-17)24-22(26)27-23(2,3)4/h5-8,11-12,18-21,25H,1,9-10,13-16H2,2-4H3,(H,24,26)/t18-,19?,20+,21-/m1/s1. The number of benzene rings is 1. The highest BCUT2D eigenvalue weighted by Crippen LogP contribution is 2.34. The van der Waals surface area contributed by atoms with E-state index in [-0.39, 0.29) is 6.04 Å². The Morgan fingerprint density at radius 1 is 1.30 bits per heavy atom. The van der Waals surface area contributed by atoms with E-state index in [0.717, 1.165) is 18.4 Å². The molecule has 0 aromatic heterocycles. The molecule has 1 fully saturated rings. The van der Waals surface area contributed by atoms with E-state index in [2.05, 4.69) is 11.9 Å². The molecule has 1 amide bonds. The second kappa shape index (κ2) is 9.93. The van der Waals surface area contributed by atoms with Crippen LogP contribution in [0.2, 0.25) is 0 Å². The number of hydrogen-bond acceptors (Lipinski definition) is 3. The zero-order valence-electron chi connectivity index (χ0n) is 17.0. The normalized spacial score (nSPS) is 22.5. The van der Waals surface area contributed by atoms with E-state index < -0.39 is 17.8 Å². The lowest BCUT2D eigenvalue weighted by molar-refractivity contribution is 0.0367. The van der Waals surface area contributed by atoms with Crippen LogP contribution in [0.5, 0.6) is 0 Å². The van der Waals surface area contributed by atoms with Gasteiger partial charge in [0.1, 0.15) is 5.60 Å². The second-order valence-electron chi connectivity index (χ2n) is 8.69. The van der Waals surface area contributed by atoms with Gasteiger partial charge in [-0.1, -0.05) is 49.2 Å². The lowest BCUT2D eigenvalue weighted by Crippen LogP contribution is -2.47. The lowest BCUT2D eigenvalue weighted by Gasteiger charge is -2.34. The van der Waals surface area contributed by atoms with Crippen LogP contribution in [0.1, 0.15) is 58.4 Å². The van der Waals surface area contributed by atoms with Gasteiger partial charge in [-0.25, -0.2) is 4.79 Å². The number of aliphatic hydroxyl groups is 1. The third-order valence-corrected chi connectivity index (χ3v) is 5.28. The highest BCUT2D eigenvalue weighted by Gasteiger charge is 2.30. The lowest BCUT2D eigenvalue weighted by atomic mass is 9.75. The van der Waals surface area contributed by atoms with Crippen molar-refractivity contribution in [2.24, 2.45) is 11.8 Å². The van der Waals surface area contributed by atoms with E-state index >= 15 is 0 Å². The molecule has 27 heavy (non-hydrogen) atoms. The van der Waals surface area contributed by atoms with Crippen LogP contribution >= 0.6 is 0 Å². The van der Waals surface area contributed by atoms with Gasteiger partial charge in [-0.2, -0.15) is 0 Å². The maximum atomic E-state index is 12.3. The second-order valence-corrected chi connectivity index (χ2v) is 8.69. The van der Waals surface area contributed by atoms with Gasteiger partial charge in [0, 0.05) is 0 Å². The molecule has 4 atom stereocenters. The summed E-state index contributed by atoms with van der Waals surface area (Å²) >= 11 is 0. The molecule has 1 aliphatic rings. The number of nitrogens with one attached hydrogen (secondary N) is 1. The molecule has 0 bridgehead atoms. The average Bonchev–Trinajstić information content (AvgIpc) is 2.61. The molecule has 0 aliphatic heterocycles. The summed E-state index contributed by atoms with van der Waals surface area (Å²) < 4.78 is 5.41. The number of ether oxygens (including phenoxy) is 1. The SMILES string of the molecule is C=C[C@@H]1CCCCC1C[C@@H](O)[C@H](Cc1ccccc1)NC(=O)OC(C)(C)C. The van der Waals surface area contributed by atoms with Gasteiger partial charge in [0.15, 0.2) is 0 Å². The predicted octanol–water partition coefficient (Wildman–Crippen LogP) is 4.87.